The lowest BCUT2D eigenvalue weighted by atomic mass is 10.1. The summed E-state index contributed by atoms with van der Waals surface area (Å²) in [5, 5.41) is 11.6. The first kappa shape index (κ1) is 13.9. The van der Waals surface area contributed by atoms with Crippen LogP contribution in [0.15, 0.2) is 41.6 Å². The number of halogens is 1. The first-order chi connectivity index (χ1) is 9.51. The fourth-order valence-electron chi connectivity index (χ4n) is 2.01. The van der Waals surface area contributed by atoms with Crippen molar-refractivity contribution in [3.8, 4) is 11.5 Å². The van der Waals surface area contributed by atoms with E-state index in [1.165, 1.54) is 12.1 Å². The first-order valence-corrected chi connectivity index (χ1v) is 6.04. The van der Waals surface area contributed by atoms with Gasteiger partial charge in [0.25, 0.3) is 0 Å². The molecule has 20 heavy (non-hydrogen) atoms. The molecule has 104 valence electrons. The number of amidine groups is 1. The van der Waals surface area contributed by atoms with E-state index in [-0.39, 0.29) is 17.1 Å². The number of hydrogen-bond donors (Lipinski definition) is 2. The zero-order chi connectivity index (χ0) is 14.7. The Bertz CT molecular complexity index is 649. The zero-order valence-electron chi connectivity index (χ0n) is 11.2. The van der Waals surface area contributed by atoms with E-state index in [9.17, 15) is 4.39 Å². The molecule has 2 aromatic carbocycles. The van der Waals surface area contributed by atoms with Gasteiger partial charge in [-0.25, -0.2) is 4.39 Å². The summed E-state index contributed by atoms with van der Waals surface area (Å²) < 4.78 is 19.5. The van der Waals surface area contributed by atoms with Gasteiger partial charge in [0.15, 0.2) is 5.84 Å². The highest BCUT2D eigenvalue weighted by Crippen LogP contribution is 2.28. The van der Waals surface area contributed by atoms with Gasteiger partial charge in [0.2, 0.25) is 0 Å². The largest absolute Gasteiger partial charge is 0.456 e. The van der Waals surface area contributed by atoms with E-state index in [0.29, 0.717) is 5.75 Å². The van der Waals surface area contributed by atoms with Crippen molar-refractivity contribution >= 4 is 5.84 Å². The Morgan fingerprint density at radius 3 is 2.45 bits per heavy atom. The second-order valence-corrected chi connectivity index (χ2v) is 4.52. The molecule has 5 heteroatoms. The number of aryl methyl sites for hydroxylation is 2. The third-order valence-corrected chi connectivity index (χ3v) is 2.76. The Labute approximate surface area is 116 Å². The van der Waals surface area contributed by atoms with Crippen LogP contribution in [0.2, 0.25) is 0 Å². The number of benzene rings is 2. The molecule has 2 rings (SSSR count). The van der Waals surface area contributed by atoms with Gasteiger partial charge in [-0.05, 0) is 49.2 Å². The molecule has 0 aliphatic heterocycles. The van der Waals surface area contributed by atoms with E-state index >= 15 is 0 Å². The monoisotopic (exact) mass is 274 g/mol. The number of nitrogens with zero attached hydrogens (tertiary/aromatic N) is 1. The van der Waals surface area contributed by atoms with E-state index in [0.717, 1.165) is 11.1 Å². The SMILES string of the molecule is Cc1cc(C)cc(Oc2cccc(F)c2C(N)=NO)c1. The highest BCUT2D eigenvalue weighted by molar-refractivity contribution is 5.99. The minimum Gasteiger partial charge on any atom is -0.456 e. The Kier molecular flexibility index (Phi) is 3.89. The summed E-state index contributed by atoms with van der Waals surface area (Å²) in [7, 11) is 0. The van der Waals surface area contributed by atoms with Crippen LogP contribution in [0, 0.1) is 19.7 Å². The maximum Gasteiger partial charge on any atom is 0.176 e. The number of ether oxygens (including phenoxy) is 1. The van der Waals surface area contributed by atoms with Crippen LogP contribution in [-0.2, 0) is 0 Å². The molecular formula is C15H15FN2O2. The predicted octanol–water partition coefficient (Wildman–Crippen LogP) is 3.33. The molecule has 0 bridgehead atoms. The highest BCUT2D eigenvalue weighted by atomic mass is 19.1. The van der Waals surface area contributed by atoms with Crippen molar-refractivity contribution in [2.75, 3.05) is 0 Å². The minimum absolute atomic E-state index is 0.0610. The maximum atomic E-state index is 13.8. The molecule has 0 aliphatic rings. The fraction of sp³-hybridized carbons (Fsp3) is 0.133. The molecule has 4 nitrogen and oxygen atoms in total. The molecular weight excluding hydrogens is 259 g/mol. The average Bonchev–Trinajstić information content (AvgIpc) is 2.37. The Hall–Kier alpha value is -2.56. The molecule has 0 radical (unpaired) electrons. The second kappa shape index (κ2) is 5.61. The topological polar surface area (TPSA) is 67.8 Å². The second-order valence-electron chi connectivity index (χ2n) is 4.52. The molecule has 0 amide bonds. The van der Waals surface area contributed by atoms with E-state index in [2.05, 4.69) is 5.16 Å². The van der Waals surface area contributed by atoms with Crippen LogP contribution in [0.5, 0.6) is 11.5 Å². The molecule has 0 unspecified atom stereocenters. The maximum absolute atomic E-state index is 13.8. The summed E-state index contributed by atoms with van der Waals surface area (Å²) in [5.41, 5.74) is 7.49. The lowest BCUT2D eigenvalue weighted by Gasteiger charge is -2.12. The Morgan fingerprint density at radius 2 is 1.85 bits per heavy atom. The van der Waals surface area contributed by atoms with Gasteiger partial charge >= 0.3 is 0 Å². The van der Waals surface area contributed by atoms with E-state index in [4.69, 9.17) is 15.7 Å². The van der Waals surface area contributed by atoms with Gasteiger partial charge in [-0.15, -0.1) is 0 Å². The molecule has 0 aliphatic carbocycles. The lowest BCUT2D eigenvalue weighted by molar-refractivity contribution is 0.318. The zero-order valence-corrected chi connectivity index (χ0v) is 11.2. The molecule has 0 spiro atoms. The molecule has 0 aromatic heterocycles. The van der Waals surface area contributed by atoms with Crippen molar-refractivity contribution in [1.29, 1.82) is 0 Å². The van der Waals surface area contributed by atoms with Crippen LogP contribution in [0.4, 0.5) is 4.39 Å². The van der Waals surface area contributed by atoms with Crippen molar-refractivity contribution in [1.82, 2.24) is 0 Å². The quantitative estimate of drug-likeness (QED) is 0.390. The summed E-state index contributed by atoms with van der Waals surface area (Å²) in [6.45, 7) is 3.88. The Balaban J connectivity index is 2.46. The van der Waals surface area contributed by atoms with Crippen molar-refractivity contribution in [2.45, 2.75) is 13.8 Å². The standard InChI is InChI=1S/C15H15FN2O2/c1-9-6-10(2)8-11(7-9)20-13-5-3-4-12(16)14(13)15(17)18-19/h3-8,19H,1-2H3,(H2,17,18). The summed E-state index contributed by atoms with van der Waals surface area (Å²) >= 11 is 0. The predicted molar refractivity (Wildman–Crippen MR) is 74.9 cm³/mol. The molecule has 0 saturated heterocycles. The molecule has 0 heterocycles. The highest BCUT2D eigenvalue weighted by Gasteiger charge is 2.15. The van der Waals surface area contributed by atoms with E-state index in [1.807, 2.05) is 32.0 Å². The van der Waals surface area contributed by atoms with E-state index < -0.39 is 5.82 Å². The number of rotatable bonds is 3. The molecule has 2 aromatic rings. The van der Waals surface area contributed by atoms with Crippen molar-refractivity contribution in [3.63, 3.8) is 0 Å². The number of oxime groups is 1. The van der Waals surface area contributed by atoms with Crippen LogP contribution in [0.3, 0.4) is 0 Å². The van der Waals surface area contributed by atoms with Crippen LogP contribution in [0.1, 0.15) is 16.7 Å². The Morgan fingerprint density at radius 1 is 1.20 bits per heavy atom. The average molecular weight is 274 g/mol. The summed E-state index contributed by atoms with van der Waals surface area (Å²) in [6, 6.07) is 9.95. The van der Waals surface area contributed by atoms with Gasteiger partial charge in [0, 0.05) is 0 Å². The van der Waals surface area contributed by atoms with Gasteiger partial charge < -0.3 is 15.7 Å². The summed E-state index contributed by atoms with van der Waals surface area (Å²) in [4.78, 5) is 0. The van der Waals surface area contributed by atoms with E-state index in [1.54, 1.807) is 6.07 Å². The lowest BCUT2D eigenvalue weighted by Crippen LogP contribution is -2.16. The van der Waals surface area contributed by atoms with Gasteiger partial charge in [-0.3, -0.25) is 0 Å². The first-order valence-electron chi connectivity index (χ1n) is 6.04. The van der Waals surface area contributed by atoms with Gasteiger partial charge in [0.05, 0.1) is 5.56 Å². The molecule has 0 saturated carbocycles. The van der Waals surface area contributed by atoms with Crippen LogP contribution < -0.4 is 10.5 Å². The molecule has 0 fully saturated rings. The number of hydrogen-bond acceptors (Lipinski definition) is 3. The van der Waals surface area contributed by atoms with Crippen molar-refractivity contribution < 1.29 is 14.3 Å². The molecule has 3 N–H and O–H groups in total. The smallest absolute Gasteiger partial charge is 0.176 e. The van der Waals surface area contributed by atoms with Gasteiger partial charge in [-0.2, -0.15) is 0 Å². The van der Waals surface area contributed by atoms with Crippen molar-refractivity contribution in [2.24, 2.45) is 10.9 Å². The third-order valence-electron chi connectivity index (χ3n) is 2.76. The summed E-state index contributed by atoms with van der Waals surface area (Å²) in [6.07, 6.45) is 0. The van der Waals surface area contributed by atoms with Crippen LogP contribution in [-0.4, -0.2) is 11.0 Å². The fourth-order valence-corrected chi connectivity index (χ4v) is 2.01. The van der Waals surface area contributed by atoms with Crippen LogP contribution in [0.25, 0.3) is 0 Å². The minimum atomic E-state index is -0.609. The normalized spacial score (nSPS) is 11.4. The molecule has 0 atom stereocenters. The van der Waals surface area contributed by atoms with Crippen LogP contribution >= 0.6 is 0 Å². The summed E-state index contributed by atoms with van der Waals surface area (Å²) in [5.74, 6) is -0.171. The van der Waals surface area contributed by atoms with Crippen molar-refractivity contribution in [3.05, 3.63) is 58.9 Å². The number of nitrogens with two attached hydrogens (primary N) is 1. The van der Waals surface area contributed by atoms with Gasteiger partial charge in [0.1, 0.15) is 17.3 Å². The van der Waals surface area contributed by atoms with Gasteiger partial charge in [-0.1, -0.05) is 17.3 Å². The third kappa shape index (κ3) is 2.88.